The van der Waals surface area contributed by atoms with Gasteiger partial charge in [-0.05, 0) is 31.0 Å². The molecule has 2 rings (SSSR count). The first-order valence-corrected chi connectivity index (χ1v) is 5.02. The summed E-state index contributed by atoms with van der Waals surface area (Å²) in [6.45, 7) is 3.99. The Labute approximate surface area is 88.1 Å². The van der Waals surface area contributed by atoms with E-state index in [1.54, 1.807) is 6.07 Å². The number of aromatic nitrogens is 1. The summed E-state index contributed by atoms with van der Waals surface area (Å²) in [4.78, 5) is 3.17. The van der Waals surface area contributed by atoms with Crippen molar-refractivity contribution in [1.82, 2.24) is 4.98 Å². The lowest BCUT2D eigenvalue weighted by Gasteiger charge is -2.03. The van der Waals surface area contributed by atoms with Gasteiger partial charge in [0.05, 0.1) is 7.11 Å². The number of benzene rings is 1. The molecule has 1 aromatic carbocycles. The maximum Gasteiger partial charge on any atom is 0.174 e. The Hall–Kier alpha value is -1.51. The van der Waals surface area contributed by atoms with Crippen molar-refractivity contribution in [2.75, 3.05) is 7.11 Å². The van der Waals surface area contributed by atoms with Crippen LogP contribution in [0.2, 0.25) is 0 Å². The van der Waals surface area contributed by atoms with Crippen molar-refractivity contribution in [3.63, 3.8) is 0 Å². The van der Waals surface area contributed by atoms with Crippen LogP contribution in [0.4, 0.5) is 4.39 Å². The third-order valence-electron chi connectivity index (χ3n) is 2.76. The lowest BCUT2D eigenvalue weighted by atomic mass is 10.1. The van der Waals surface area contributed by atoms with Crippen molar-refractivity contribution in [2.24, 2.45) is 0 Å². The minimum absolute atomic E-state index is 0.267. The molecule has 0 saturated heterocycles. The number of hydrogen-bond acceptors (Lipinski definition) is 1. The topological polar surface area (TPSA) is 25.0 Å². The van der Waals surface area contributed by atoms with E-state index in [4.69, 9.17) is 4.74 Å². The fraction of sp³-hybridized carbons (Fsp3) is 0.333. The van der Waals surface area contributed by atoms with Crippen LogP contribution in [-0.2, 0) is 6.42 Å². The van der Waals surface area contributed by atoms with E-state index in [1.807, 2.05) is 19.9 Å². The minimum atomic E-state index is -0.267. The van der Waals surface area contributed by atoms with Crippen molar-refractivity contribution in [3.05, 3.63) is 29.2 Å². The van der Waals surface area contributed by atoms with E-state index in [2.05, 4.69) is 4.98 Å². The predicted octanol–water partition coefficient (Wildman–Crippen LogP) is 3.19. The summed E-state index contributed by atoms with van der Waals surface area (Å²) in [5.41, 5.74) is 2.89. The highest BCUT2D eigenvalue weighted by Crippen LogP contribution is 2.30. The van der Waals surface area contributed by atoms with Gasteiger partial charge in [-0.25, -0.2) is 4.39 Å². The maximum absolute atomic E-state index is 14.0. The Morgan fingerprint density at radius 2 is 2.13 bits per heavy atom. The summed E-state index contributed by atoms with van der Waals surface area (Å²) >= 11 is 0. The smallest absolute Gasteiger partial charge is 0.174 e. The number of aryl methyl sites for hydroxylation is 2. The fourth-order valence-corrected chi connectivity index (χ4v) is 2.02. The molecule has 0 fully saturated rings. The number of rotatable bonds is 2. The third-order valence-corrected chi connectivity index (χ3v) is 2.76. The van der Waals surface area contributed by atoms with Crippen molar-refractivity contribution >= 4 is 10.9 Å². The van der Waals surface area contributed by atoms with Crippen molar-refractivity contribution in [1.29, 1.82) is 0 Å². The average Bonchev–Trinajstić information content (AvgIpc) is 2.55. The molecule has 0 aliphatic heterocycles. The zero-order valence-corrected chi connectivity index (χ0v) is 9.15. The van der Waals surface area contributed by atoms with Gasteiger partial charge >= 0.3 is 0 Å². The zero-order valence-electron chi connectivity index (χ0n) is 9.15. The summed E-state index contributed by atoms with van der Waals surface area (Å²) in [6.07, 6.45) is 0.815. The Morgan fingerprint density at radius 3 is 2.73 bits per heavy atom. The maximum atomic E-state index is 14.0. The van der Waals surface area contributed by atoms with E-state index >= 15 is 0 Å². The fourth-order valence-electron chi connectivity index (χ4n) is 2.02. The Morgan fingerprint density at radius 1 is 1.40 bits per heavy atom. The molecule has 0 saturated carbocycles. The second kappa shape index (κ2) is 3.57. The molecular weight excluding hydrogens is 193 g/mol. The largest absolute Gasteiger partial charge is 0.494 e. The van der Waals surface area contributed by atoms with Crippen LogP contribution in [-0.4, -0.2) is 12.1 Å². The zero-order chi connectivity index (χ0) is 11.0. The summed E-state index contributed by atoms with van der Waals surface area (Å²) in [6, 6.07) is 3.50. The van der Waals surface area contributed by atoms with Crippen LogP contribution >= 0.6 is 0 Å². The molecule has 80 valence electrons. The van der Waals surface area contributed by atoms with E-state index in [1.165, 1.54) is 7.11 Å². The van der Waals surface area contributed by atoms with Gasteiger partial charge in [0.15, 0.2) is 11.6 Å². The molecule has 0 spiro atoms. The van der Waals surface area contributed by atoms with Crippen LogP contribution in [0.3, 0.4) is 0 Å². The minimum Gasteiger partial charge on any atom is -0.494 e. The molecule has 0 amide bonds. The van der Waals surface area contributed by atoms with E-state index in [9.17, 15) is 4.39 Å². The van der Waals surface area contributed by atoms with Gasteiger partial charge in [0, 0.05) is 16.6 Å². The van der Waals surface area contributed by atoms with Crippen LogP contribution in [0, 0.1) is 12.7 Å². The Bertz CT molecular complexity index is 502. The van der Waals surface area contributed by atoms with Crippen molar-refractivity contribution in [2.45, 2.75) is 20.3 Å². The summed E-state index contributed by atoms with van der Waals surface area (Å²) < 4.78 is 19.0. The molecule has 0 unspecified atom stereocenters. The third kappa shape index (κ3) is 1.39. The Kier molecular flexibility index (Phi) is 2.39. The summed E-state index contributed by atoms with van der Waals surface area (Å²) in [5.74, 6) is 0.0346. The number of hydrogen-bond donors (Lipinski definition) is 1. The number of ether oxygens (including phenoxy) is 1. The summed E-state index contributed by atoms with van der Waals surface area (Å²) in [5, 5.41) is 0.661. The number of fused-ring (bicyclic) bond motifs is 1. The quantitative estimate of drug-likeness (QED) is 0.803. The van der Waals surface area contributed by atoms with E-state index in [-0.39, 0.29) is 5.82 Å². The molecule has 2 aromatic rings. The molecule has 15 heavy (non-hydrogen) atoms. The highest BCUT2D eigenvalue weighted by atomic mass is 19.1. The molecule has 1 aromatic heterocycles. The van der Waals surface area contributed by atoms with Crippen molar-refractivity contribution < 1.29 is 9.13 Å². The molecule has 0 aliphatic rings. The number of halogens is 1. The number of H-pyrrole nitrogens is 1. The van der Waals surface area contributed by atoms with Gasteiger partial charge in [-0.3, -0.25) is 0 Å². The van der Waals surface area contributed by atoms with Crippen LogP contribution in [0.5, 0.6) is 5.75 Å². The van der Waals surface area contributed by atoms with E-state index in [0.29, 0.717) is 11.1 Å². The number of methoxy groups -OCH3 is 1. The van der Waals surface area contributed by atoms with Gasteiger partial charge in [-0.1, -0.05) is 6.92 Å². The molecule has 0 aliphatic carbocycles. The van der Waals surface area contributed by atoms with E-state index in [0.717, 1.165) is 23.2 Å². The lowest BCUT2D eigenvalue weighted by Crippen LogP contribution is -1.90. The normalized spacial score (nSPS) is 10.9. The van der Waals surface area contributed by atoms with Gasteiger partial charge in [0.25, 0.3) is 0 Å². The monoisotopic (exact) mass is 207 g/mol. The molecule has 3 heteroatoms. The second-order valence-electron chi connectivity index (χ2n) is 3.59. The van der Waals surface area contributed by atoms with Gasteiger partial charge in [-0.2, -0.15) is 0 Å². The molecule has 0 radical (unpaired) electrons. The first-order chi connectivity index (χ1) is 7.19. The lowest BCUT2D eigenvalue weighted by molar-refractivity contribution is 0.389. The molecule has 0 atom stereocenters. The van der Waals surface area contributed by atoms with Crippen LogP contribution in [0.15, 0.2) is 12.1 Å². The molecule has 2 nitrogen and oxygen atoms in total. The Balaban J connectivity index is 2.83. The molecule has 1 heterocycles. The van der Waals surface area contributed by atoms with E-state index < -0.39 is 0 Å². The second-order valence-corrected chi connectivity index (χ2v) is 3.59. The predicted molar refractivity (Wildman–Crippen MR) is 58.9 cm³/mol. The molecular formula is C12H14FNO. The summed E-state index contributed by atoms with van der Waals surface area (Å²) in [7, 11) is 1.48. The number of nitrogens with one attached hydrogen (secondary N) is 1. The van der Waals surface area contributed by atoms with Gasteiger partial charge in [-0.15, -0.1) is 0 Å². The SMILES string of the molecule is CCc1c(C)[nH]c2ccc(OC)c(F)c12. The van der Waals surface area contributed by atoms with Crippen LogP contribution in [0.1, 0.15) is 18.2 Å². The molecule has 1 N–H and O–H groups in total. The van der Waals surface area contributed by atoms with Crippen LogP contribution in [0.25, 0.3) is 10.9 Å². The average molecular weight is 207 g/mol. The standard InChI is InChI=1S/C12H14FNO/c1-4-8-7(2)14-9-5-6-10(15-3)12(13)11(8)9/h5-6,14H,4H2,1-3H3. The first kappa shape index (κ1) is 10.0. The highest BCUT2D eigenvalue weighted by Gasteiger charge is 2.14. The first-order valence-electron chi connectivity index (χ1n) is 5.02. The van der Waals surface area contributed by atoms with Gasteiger partial charge in [0.1, 0.15) is 0 Å². The van der Waals surface area contributed by atoms with Gasteiger partial charge < -0.3 is 9.72 Å². The highest BCUT2D eigenvalue weighted by molar-refractivity contribution is 5.86. The van der Waals surface area contributed by atoms with Crippen molar-refractivity contribution in [3.8, 4) is 5.75 Å². The van der Waals surface area contributed by atoms with Gasteiger partial charge in [0.2, 0.25) is 0 Å². The van der Waals surface area contributed by atoms with Crippen LogP contribution < -0.4 is 4.74 Å². The number of aromatic amines is 1. The molecule has 0 bridgehead atoms.